The molecule has 0 aromatic carbocycles. The van der Waals surface area contributed by atoms with Crippen LogP contribution in [0, 0.1) is 5.92 Å². The van der Waals surface area contributed by atoms with Crippen molar-refractivity contribution in [2.24, 2.45) is 5.92 Å². The monoisotopic (exact) mass is 232 g/mol. The van der Waals surface area contributed by atoms with Gasteiger partial charge in [-0.25, -0.2) is 0 Å². The summed E-state index contributed by atoms with van der Waals surface area (Å²) in [7, 11) is 0. The van der Waals surface area contributed by atoms with Gasteiger partial charge in [-0.1, -0.05) is 13.3 Å². The van der Waals surface area contributed by atoms with E-state index >= 15 is 0 Å². The van der Waals surface area contributed by atoms with Gasteiger partial charge in [0.05, 0.1) is 6.10 Å². The molecule has 0 saturated heterocycles. The lowest BCUT2D eigenvalue weighted by atomic mass is 9.96. The Hall–Kier alpha value is -1.00. The Morgan fingerprint density at radius 3 is 2.41 bits per heavy atom. The summed E-state index contributed by atoms with van der Waals surface area (Å²) in [5, 5.41) is 9.45. The van der Waals surface area contributed by atoms with Crippen LogP contribution in [0.2, 0.25) is 0 Å². The number of hydrogen-bond acceptors (Lipinski definition) is 1. The van der Waals surface area contributed by atoms with E-state index in [2.05, 4.69) is 11.5 Å². The van der Waals surface area contributed by atoms with E-state index in [1.165, 1.54) is 37.7 Å². The fraction of sp³-hybridized carbons (Fsp3) is 0.625. The van der Waals surface area contributed by atoms with Crippen molar-refractivity contribution in [3.63, 3.8) is 0 Å². The van der Waals surface area contributed by atoms with Gasteiger partial charge in [-0.2, -0.15) is 0 Å². The summed E-state index contributed by atoms with van der Waals surface area (Å²) in [6, 6.07) is 0. The molecule has 0 heterocycles. The van der Waals surface area contributed by atoms with E-state index < -0.39 is 0 Å². The molecule has 1 nitrogen and oxygen atoms in total. The minimum absolute atomic E-state index is 0.169. The Morgan fingerprint density at radius 2 is 1.82 bits per heavy atom. The van der Waals surface area contributed by atoms with Gasteiger partial charge in [0.25, 0.3) is 0 Å². The van der Waals surface area contributed by atoms with Gasteiger partial charge in [-0.05, 0) is 62.8 Å². The third-order valence-corrected chi connectivity index (χ3v) is 3.55. The van der Waals surface area contributed by atoms with Crippen molar-refractivity contribution < 1.29 is 5.11 Å². The zero-order chi connectivity index (χ0) is 12.7. The summed E-state index contributed by atoms with van der Waals surface area (Å²) in [5.74, 6) is 0.169. The largest absolute Gasteiger partial charge is 0.393 e. The second-order valence-corrected chi connectivity index (χ2v) is 5.00. The van der Waals surface area contributed by atoms with E-state index in [9.17, 15) is 5.11 Å². The summed E-state index contributed by atoms with van der Waals surface area (Å²) < 4.78 is 0. The highest BCUT2D eigenvalue weighted by Crippen LogP contribution is 2.21. The molecular formula is C16H24O. The van der Waals surface area contributed by atoms with Crippen molar-refractivity contribution in [3.8, 4) is 0 Å². The topological polar surface area (TPSA) is 20.2 Å². The van der Waals surface area contributed by atoms with Crippen LogP contribution in [0.3, 0.4) is 0 Å². The average Bonchev–Trinajstić information content (AvgIpc) is 2.34. The molecule has 0 aromatic rings. The molecule has 1 rings (SSSR count). The highest BCUT2D eigenvalue weighted by molar-refractivity contribution is 5.13. The molecule has 94 valence electrons. The molecule has 2 unspecified atom stereocenters. The Balaban J connectivity index is 2.64. The molecule has 0 bridgehead atoms. The molecule has 0 aliphatic heterocycles. The summed E-state index contributed by atoms with van der Waals surface area (Å²) in [6.45, 7) is 5.84. The van der Waals surface area contributed by atoms with E-state index in [-0.39, 0.29) is 12.0 Å². The lowest BCUT2D eigenvalue weighted by molar-refractivity contribution is 0.152. The Kier molecular flexibility index (Phi) is 6.08. The van der Waals surface area contributed by atoms with Gasteiger partial charge in [0, 0.05) is 5.92 Å². The molecule has 0 aromatic heterocycles. The fourth-order valence-electron chi connectivity index (χ4n) is 1.95. The first-order valence-electron chi connectivity index (χ1n) is 6.65. The van der Waals surface area contributed by atoms with Crippen molar-refractivity contribution in [3.05, 3.63) is 34.8 Å². The lowest BCUT2D eigenvalue weighted by Gasteiger charge is -2.12. The number of rotatable bonds is 3. The van der Waals surface area contributed by atoms with Crippen LogP contribution < -0.4 is 0 Å². The molecule has 0 radical (unpaired) electrons. The Bertz CT molecular complexity index is 353. The van der Waals surface area contributed by atoms with E-state index in [0.717, 1.165) is 5.57 Å². The smallest absolute Gasteiger partial charge is 0.0580 e. The molecule has 2 atom stereocenters. The van der Waals surface area contributed by atoms with Crippen LogP contribution in [0.5, 0.6) is 0 Å². The second kappa shape index (κ2) is 7.35. The number of hydrogen-bond donors (Lipinski definition) is 1. The molecule has 0 spiro atoms. The van der Waals surface area contributed by atoms with Gasteiger partial charge < -0.3 is 5.11 Å². The predicted octanol–water partition coefficient (Wildman–Crippen LogP) is 4.15. The van der Waals surface area contributed by atoms with E-state index in [1.807, 2.05) is 32.9 Å². The van der Waals surface area contributed by atoms with Crippen LogP contribution in [0.4, 0.5) is 0 Å². The van der Waals surface area contributed by atoms with E-state index in [1.54, 1.807) is 0 Å². The maximum Gasteiger partial charge on any atom is 0.0580 e. The third-order valence-electron chi connectivity index (χ3n) is 3.55. The quantitative estimate of drug-likeness (QED) is 0.572. The van der Waals surface area contributed by atoms with Gasteiger partial charge in [-0.15, -0.1) is 11.5 Å². The van der Waals surface area contributed by atoms with E-state index in [0.29, 0.717) is 0 Å². The van der Waals surface area contributed by atoms with Gasteiger partial charge in [0.1, 0.15) is 0 Å². The zero-order valence-corrected chi connectivity index (χ0v) is 11.3. The first kappa shape index (κ1) is 14.1. The minimum Gasteiger partial charge on any atom is -0.393 e. The lowest BCUT2D eigenvalue weighted by Crippen LogP contribution is -2.13. The highest BCUT2D eigenvalue weighted by Gasteiger charge is 2.09. The standard InChI is InChI=1S/C16H24O/c1-13(14(2)15(3)17)9-7-8-12-16-10-5-4-6-11-16/h7-8,14-15,17H,4-6,10-11H2,1-3H3. The van der Waals surface area contributed by atoms with E-state index in [4.69, 9.17) is 0 Å². The maximum absolute atomic E-state index is 9.45. The van der Waals surface area contributed by atoms with Crippen molar-refractivity contribution in [1.82, 2.24) is 0 Å². The number of aliphatic hydroxyl groups excluding tert-OH is 1. The van der Waals surface area contributed by atoms with Crippen LogP contribution in [-0.2, 0) is 0 Å². The van der Waals surface area contributed by atoms with Crippen molar-refractivity contribution in [1.29, 1.82) is 0 Å². The van der Waals surface area contributed by atoms with Crippen LogP contribution in [0.25, 0.3) is 0 Å². The van der Waals surface area contributed by atoms with Crippen LogP contribution in [-0.4, -0.2) is 11.2 Å². The molecule has 17 heavy (non-hydrogen) atoms. The molecule has 1 N–H and O–H groups in total. The molecular weight excluding hydrogens is 208 g/mol. The SMILES string of the molecule is CC(=C=CC=C=C1CCCCC1)C(C)C(C)O. The average molecular weight is 232 g/mol. The van der Waals surface area contributed by atoms with Crippen molar-refractivity contribution >= 4 is 0 Å². The first-order valence-corrected chi connectivity index (χ1v) is 6.65. The number of aliphatic hydroxyl groups is 1. The normalized spacial score (nSPS) is 18.7. The van der Waals surface area contributed by atoms with Gasteiger partial charge in [0.2, 0.25) is 0 Å². The van der Waals surface area contributed by atoms with Crippen molar-refractivity contribution in [2.45, 2.75) is 59.0 Å². The molecule has 1 saturated carbocycles. The number of allylic oxidation sites excluding steroid dienone is 1. The van der Waals surface area contributed by atoms with Gasteiger partial charge in [-0.3, -0.25) is 0 Å². The molecule has 1 aliphatic rings. The minimum atomic E-state index is -0.309. The summed E-state index contributed by atoms with van der Waals surface area (Å²) >= 11 is 0. The van der Waals surface area contributed by atoms with Crippen LogP contribution in [0.15, 0.2) is 34.8 Å². The Morgan fingerprint density at radius 1 is 1.18 bits per heavy atom. The van der Waals surface area contributed by atoms with Crippen LogP contribution in [0.1, 0.15) is 52.9 Å². The summed E-state index contributed by atoms with van der Waals surface area (Å²) in [4.78, 5) is 0. The molecule has 0 amide bonds. The fourth-order valence-corrected chi connectivity index (χ4v) is 1.95. The van der Waals surface area contributed by atoms with Gasteiger partial charge >= 0.3 is 0 Å². The summed E-state index contributed by atoms with van der Waals surface area (Å²) in [5.41, 5.74) is 9.08. The second-order valence-electron chi connectivity index (χ2n) is 5.00. The third kappa shape index (κ3) is 5.24. The Labute approximate surface area is 105 Å². The summed E-state index contributed by atoms with van der Waals surface area (Å²) in [6.07, 6.45) is 9.97. The molecule has 1 fully saturated rings. The first-order chi connectivity index (χ1) is 8.11. The van der Waals surface area contributed by atoms with Crippen molar-refractivity contribution in [2.75, 3.05) is 0 Å². The predicted molar refractivity (Wildman–Crippen MR) is 72.8 cm³/mol. The molecule has 1 aliphatic carbocycles. The maximum atomic E-state index is 9.45. The molecule has 1 heteroatoms. The highest BCUT2D eigenvalue weighted by atomic mass is 16.3. The van der Waals surface area contributed by atoms with Gasteiger partial charge in [0.15, 0.2) is 0 Å². The van der Waals surface area contributed by atoms with Crippen LogP contribution >= 0.6 is 0 Å². The zero-order valence-electron chi connectivity index (χ0n) is 11.3.